The second-order valence-electron chi connectivity index (χ2n) is 7.39. The standard InChI is InChI=1S/C24H24N2O5S/c1-18-7-12-22(32(28,29)26-13-15-30-16-14-26)17-23(18)24(27)25-19-8-10-21(11-9-19)31-20-5-3-2-4-6-20/h2-12,17H,13-16H2,1H3,(H,25,27). The molecule has 166 valence electrons. The first-order valence-corrected chi connectivity index (χ1v) is 11.7. The first-order valence-electron chi connectivity index (χ1n) is 10.3. The number of ether oxygens (including phenoxy) is 2. The molecule has 1 aliphatic rings. The fourth-order valence-corrected chi connectivity index (χ4v) is 4.81. The van der Waals surface area contributed by atoms with Crippen molar-refractivity contribution in [2.24, 2.45) is 0 Å². The lowest BCUT2D eigenvalue weighted by atomic mass is 10.1. The average Bonchev–Trinajstić information content (AvgIpc) is 2.82. The number of amides is 1. The van der Waals surface area contributed by atoms with E-state index in [4.69, 9.17) is 9.47 Å². The molecule has 7 nitrogen and oxygen atoms in total. The normalized spacial score (nSPS) is 14.7. The number of sulfonamides is 1. The van der Waals surface area contributed by atoms with E-state index in [9.17, 15) is 13.2 Å². The van der Waals surface area contributed by atoms with Gasteiger partial charge in [0.25, 0.3) is 5.91 Å². The molecule has 1 aliphatic heterocycles. The quantitative estimate of drug-likeness (QED) is 0.610. The van der Waals surface area contributed by atoms with Crippen molar-refractivity contribution in [1.29, 1.82) is 0 Å². The zero-order valence-electron chi connectivity index (χ0n) is 17.7. The molecule has 0 saturated carbocycles. The molecule has 3 aromatic carbocycles. The van der Waals surface area contributed by atoms with Gasteiger partial charge in [0.15, 0.2) is 0 Å². The molecule has 32 heavy (non-hydrogen) atoms. The number of hydrogen-bond acceptors (Lipinski definition) is 5. The van der Waals surface area contributed by atoms with Crippen molar-refractivity contribution in [3.63, 3.8) is 0 Å². The second-order valence-corrected chi connectivity index (χ2v) is 9.32. The molecule has 8 heteroatoms. The summed E-state index contributed by atoms with van der Waals surface area (Å²) in [5.41, 5.74) is 1.58. The summed E-state index contributed by atoms with van der Waals surface area (Å²) in [6, 6.07) is 21.0. The van der Waals surface area contributed by atoms with Crippen molar-refractivity contribution in [2.45, 2.75) is 11.8 Å². The highest BCUT2D eigenvalue weighted by atomic mass is 32.2. The summed E-state index contributed by atoms with van der Waals surface area (Å²) in [6.07, 6.45) is 0. The number of carbonyl (C=O) groups excluding carboxylic acids is 1. The van der Waals surface area contributed by atoms with E-state index in [0.717, 1.165) is 5.75 Å². The molecular weight excluding hydrogens is 428 g/mol. The number of morpholine rings is 1. The Morgan fingerprint density at radius 1 is 0.938 bits per heavy atom. The van der Waals surface area contributed by atoms with Crippen LogP contribution in [0.3, 0.4) is 0 Å². The summed E-state index contributed by atoms with van der Waals surface area (Å²) >= 11 is 0. The van der Waals surface area contributed by atoms with Gasteiger partial charge in [-0.15, -0.1) is 0 Å². The van der Waals surface area contributed by atoms with E-state index in [2.05, 4.69) is 5.32 Å². The molecule has 1 fully saturated rings. The number of nitrogens with zero attached hydrogens (tertiary/aromatic N) is 1. The average molecular weight is 453 g/mol. The predicted octanol–water partition coefficient (Wildman–Crippen LogP) is 4.06. The molecule has 0 spiro atoms. The molecule has 1 N–H and O–H groups in total. The Morgan fingerprint density at radius 3 is 2.28 bits per heavy atom. The summed E-state index contributed by atoms with van der Waals surface area (Å²) in [4.78, 5) is 13.0. The fraction of sp³-hybridized carbons (Fsp3) is 0.208. The summed E-state index contributed by atoms with van der Waals surface area (Å²) in [6.45, 7) is 3.10. The minimum Gasteiger partial charge on any atom is -0.457 e. The topological polar surface area (TPSA) is 84.9 Å². The van der Waals surface area contributed by atoms with Crippen LogP contribution < -0.4 is 10.1 Å². The van der Waals surface area contributed by atoms with Crippen LogP contribution in [0, 0.1) is 6.92 Å². The number of para-hydroxylation sites is 1. The van der Waals surface area contributed by atoms with Crippen LogP contribution in [0.5, 0.6) is 11.5 Å². The Morgan fingerprint density at radius 2 is 1.59 bits per heavy atom. The lowest BCUT2D eigenvalue weighted by molar-refractivity contribution is 0.0730. The van der Waals surface area contributed by atoms with Crippen molar-refractivity contribution in [2.75, 3.05) is 31.6 Å². The third-order valence-corrected chi connectivity index (χ3v) is 7.05. The Balaban J connectivity index is 1.49. The van der Waals surface area contributed by atoms with Crippen LogP contribution >= 0.6 is 0 Å². The molecule has 0 aliphatic carbocycles. The highest BCUT2D eigenvalue weighted by Crippen LogP contribution is 2.24. The van der Waals surface area contributed by atoms with Gasteiger partial charge >= 0.3 is 0 Å². The van der Waals surface area contributed by atoms with Crippen LogP contribution in [0.25, 0.3) is 0 Å². The summed E-state index contributed by atoms with van der Waals surface area (Å²) in [5.74, 6) is 0.987. The van der Waals surface area contributed by atoms with E-state index in [1.165, 1.54) is 16.4 Å². The summed E-state index contributed by atoms with van der Waals surface area (Å²) in [7, 11) is -3.69. The van der Waals surface area contributed by atoms with Gasteiger partial charge in [-0.05, 0) is 61.0 Å². The van der Waals surface area contributed by atoms with Gasteiger partial charge in [-0.25, -0.2) is 8.42 Å². The molecule has 1 amide bonds. The Bertz CT molecular complexity index is 1190. The van der Waals surface area contributed by atoms with Crippen LogP contribution in [-0.2, 0) is 14.8 Å². The van der Waals surface area contributed by atoms with Crippen molar-refractivity contribution in [3.05, 3.63) is 83.9 Å². The minimum atomic E-state index is -3.69. The van der Waals surface area contributed by atoms with Crippen LogP contribution in [0.2, 0.25) is 0 Å². The minimum absolute atomic E-state index is 0.0989. The molecule has 4 rings (SSSR count). The second kappa shape index (κ2) is 9.52. The number of nitrogens with one attached hydrogen (secondary N) is 1. The van der Waals surface area contributed by atoms with Gasteiger partial charge in [-0.2, -0.15) is 4.31 Å². The maximum absolute atomic E-state index is 12.9. The number of anilines is 1. The third kappa shape index (κ3) is 4.99. The highest BCUT2D eigenvalue weighted by molar-refractivity contribution is 7.89. The van der Waals surface area contributed by atoms with E-state index in [-0.39, 0.29) is 10.8 Å². The number of rotatable bonds is 6. The smallest absolute Gasteiger partial charge is 0.255 e. The van der Waals surface area contributed by atoms with Gasteiger partial charge in [0.1, 0.15) is 11.5 Å². The maximum atomic E-state index is 12.9. The number of aryl methyl sites for hydroxylation is 1. The Hall–Kier alpha value is -3.20. The maximum Gasteiger partial charge on any atom is 0.255 e. The third-order valence-electron chi connectivity index (χ3n) is 5.15. The lowest BCUT2D eigenvalue weighted by Crippen LogP contribution is -2.40. The van der Waals surface area contributed by atoms with E-state index in [0.29, 0.717) is 48.9 Å². The molecular formula is C24H24N2O5S. The molecule has 0 unspecified atom stereocenters. The lowest BCUT2D eigenvalue weighted by Gasteiger charge is -2.26. The Kier molecular flexibility index (Phi) is 6.55. The number of carbonyl (C=O) groups is 1. The van der Waals surface area contributed by atoms with Crippen LogP contribution in [0.1, 0.15) is 15.9 Å². The van der Waals surface area contributed by atoms with Gasteiger partial charge in [0.2, 0.25) is 10.0 Å². The summed E-state index contributed by atoms with van der Waals surface area (Å²) < 4.78 is 38.3. The molecule has 0 atom stereocenters. The SMILES string of the molecule is Cc1ccc(S(=O)(=O)N2CCOCC2)cc1C(=O)Nc1ccc(Oc2ccccc2)cc1. The van der Waals surface area contributed by atoms with Gasteiger partial charge in [0.05, 0.1) is 18.1 Å². The van der Waals surface area contributed by atoms with Crippen molar-refractivity contribution in [1.82, 2.24) is 4.31 Å². The number of hydrogen-bond donors (Lipinski definition) is 1. The molecule has 1 saturated heterocycles. The van der Waals surface area contributed by atoms with Crippen molar-refractivity contribution < 1.29 is 22.7 Å². The molecule has 0 bridgehead atoms. The largest absolute Gasteiger partial charge is 0.457 e. The van der Waals surface area contributed by atoms with E-state index >= 15 is 0 Å². The first kappa shape index (κ1) is 22.0. The van der Waals surface area contributed by atoms with Gasteiger partial charge < -0.3 is 14.8 Å². The monoisotopic (exact) mass is 452 g/mol. The first-order chi connectivity index (χ1) is 15.4. The zero-order chi connectivity index (χ0) is 22.6. The zero-order valence-corrected chi connectivity index (χ0v) is 18.5. The fourth-order valence-electron chi connectivity index (χ4n) is 3.37. The van der Waals surface area contributed by atoms with E-state index in [1.54, 1.807) is 37.3 Å². The van der Waals surface area contributed by atoms with Gasteiger partial charge in [-0.1, -0.05) is 24.3 Å². The van der Waals surface area contributed by atoms with Gasteiger partial charge in [-0.3, -0.25) is 4.79 Å². The molecule has 0 radical (unpaired) electrons. The molecule has 3 aromatic rings. The Labute approximate surface area is 187 Å². The van der Waals surface area contributed by atoms with Gasteiger partial charge in [0, 0.05) is 24.3 Å². The van der Waals surface area contributed by atoms with Crippen molar-refractivity contribution in [3.8, 4) is 11.5 Å². The van der Waals surface area contributed by atoms with Crippen LogP contribution in [-0.4, -0.2) is 44.9 Å². The van der Waals surface area contributed by atoms with Crippen molar-refractivity contribution >= 4 is 21.6 Å². The highest BCUT2D eigenvalue weighted by Gasteiger charge is 2.27. The molecule has 1 heterocycles. The van der Waals surface area contributed by atoms with E-state index in [1.807, 2.05) is 30.3 Å². The van der Waals surface area contributed by atoms with E-state index < -0.39 is 10.0 Å². The number of benzene rings is 3. The van der Waals surface area contributed by atoms with Crippen LogP contribution in [0.15, 0.2) is 77.7 Å². The molecule has 0 aromatic heterocycles. The van der Waals surface area contributed by atoms with Crippen LogP contribution in [0.4, 0.5) is 5.69 Å². The summed E-state index contributed by atoms with van der Waals surface area (Å²) in [5, 5.41) is 2.83. The predicted molar refractivity (Wildman–Crippen MR) is 122 cm³/mol.